The van der Waals surface area contributed by atoms with Crippen LogP contribution in [0, 0.1) is 5.41 Å². The first-order valence-corrected chi connectivity index (χ1v) is 6.02. The number of hydrogen-bond acceptors (Lipinski definition) is 4. The van der Waals surface area contributed by atoms with Gasteiger partial charge in [-0.05, 0) is 26.7 Å². The minimum Gasteiger partial charge on any atom is -0.395 e. The Kier molecular flexibility index (Phi) is 5.38. The number of aliphatic hydroxyl groups is 1. The Morgan fingerprint density at radius 3 is 2.75 bits per heavy atom. The van der Waals surface area contributed by atoms with E-state index in [1.165, 1.54) is 0 Å². The van der Waals surface area contributed by atoms with E-state index in [4.69, 9.17) is 9.84 Å². The van der Waals surface area contributed by atoms with Gasteiger partial charge in [-0.15, -0.1) is 0 Å². The van der Waals surface area contributed by atoms with Crippen LogP contribution < -0.4 is 0 Å². The van der Waals surface area contributed by atoms with Crippen molar-refractivity contribution in [2.24, 2.45) is 5.41 Å². The fourth-order valence-corrected chi connectivity index (χ4v) is 2.18. The molecule has 0 amide bonds. The summed E-state index contributed by atoms with van der Waals surface area (Å²) in [6.45, 7) is 6.88. The second-order valence-corrected chi connectivity index (χ2v) is 4.92. The number of carbonyl (C=O) groups excluding carboxylic acids is 1. The molecule has 16 heavy (non-hydrogen) atoms. The number of aldehydes is 1. The van der Waals surface area contributed by atoms with Crippen LogP contribution in [0.1, 0.15) is 26.7 Å². The number of nitrogens with zero attached hydrogens (tertiary/aromatic N) is 1. The second kappa shape index (κ2) is 6.33. The molecule has 0 aliphatic carbocycles. The highest BCUT2D eigenvalue weighted by Gasteiger charge is 2.35. The summed E-state index contributed by atoms with van der Waals surface area (Å²) in [5.41, 5.74) is -0.363. The summed E-state index contributed by atoms with van der Waals surface area (Å²) in [5, 5.41) is 9.01. The van der Waals surface area contributed by atoms with Gasteiger partial charge in [0.1, 0.15) is 6.29 Å². The largest absolute Gasteiger partial charge is 0.395 e. The molecule has 1 rings (SSSR count). The highest BCUT2D eigenvalue weighted by Crippen LogP contribution is 2.28. The molecule has 4 nitrogen and oxygen atoms in total. The van der Waals surface area contributed by atoms with E-state index in [9.17, 15) is 4.79 Å². The monoisotopic (exact) mass is 229 g/mol. The van der Waals surface area contributed by atoms with Gasteiger partial charge in [-0.3, -0.25) is 4.90 Å². The molecule has 0 aromatic heterocycles. The van der Waals surface area contributed by atoms with Crippen molar-refractivity contribution in [3.63, 3.8) is 0 Å². The SMILES string of the molecule is CC(C)N(CCO)CC1(C=O)CCCOC1. The Morgan fingerprint density at radius 1 is 1.56 bits per heavy atom. The van der Waals surface area contributed by atoms with Crippen LogP contribution >= 0.6 is 0 Å². The Labute approximate surface area is 97.6 Å². The summed E-state index contributed by atoms with van der Waals surface area (Å²) < 4.78 is 5.41. The van der Waals surface area contributed by atoms with Crippen LogP contribution in [-0.4, -0.2) is 55.2 Å². The molecule has 1 atom stereocenters. The zero-order chi connectivity index (χ0) is 12.0. The lowest BCUT2D eigenvalue weighted by molar-refractivity contribution is -0.126. The van der Waals surface area contributed by atoms with Gasteiger partial charge in [0.2, 0.25) is 0 Å². The first-order valence-electron chi connectivity index (χ1n) is 6.02. The van der Waals surface area contributed by atoms with Crippen molar-refractivity contribution in [2.45, 2.75) is 32.7 Å². The average Bonchev–Trinajstić information content (AvgIpc) is 2.29. The van der Waals surface area contributed by atoms with Crippen molar-refractivity contribution in [1.82, 2.24) is 4.90 Å². The molecule has 94 valence electrons. The summed E-state index contributed by atoms with van der Waals surface area (Å²) in [6.07, 6.45) is 2.88. The Hall–Kier alpha value is -0.450. The van der Waals surface area contributed by atoms with Crippen molar-refractivity contribution in [3.05, 3.63) is 0 Å². The first kappa shape index (κ1) is 13.6. The predicted molar refractivity (Wildman–Crippen MR) is 62.3 cm³/mol. The number of rotatable bonds is 6. The van der Waals surface area contributed by atoms with Gasteiger partial charge in [-0.1, -0.05) is 0 Å². The van der Waals surface area contributed by atoms with Gasteiger partial charge in [-0.2, -0.15) is 0 Å². The van der Waals surface area contributed by atoms with Crippen molar-refractivity contribution >= 4 is 6.29 Å². The Bertz CT molecular complexity index is 212. The molecule has 1 aliphatic rings. The number of aliphatic hydroxyl groups excluding tert-OH is 1. The first-order chi connectivity index (χ1) is 7.63. The highest BCUT2D eigenvalue weighted by molar-refractivity contribution is 5.60. The molecule has 1 unspecified atom stereocenters. The van der Waals surface area contributed by atoms with Crippen LogP contribution in [0.5, 0.6) is 0 Å². The van der Waals surface area contributed by atoms with E-state index in [0.29, 0.717) is 25.7 Å². The van der Waals surface area contributed by atoms with Gasteiger partial charge in [0.15, 0.2) is 0 Å². The van der Waals surface area contributed by atoms with Crippen LogP contribution in [0.15, 0.2) is 0 Å². The maximum Gasteiger partial charge on any atom is 0.129 e. The molecule has 0 radical (unpaired) electrons. The third-order valence-corrected chi connectivity index (χ3v) is 3.24. The van der Waals surface area contributed by atoms with Crippen LogP contribution in [0.25, 0.3) is 0 Å². The molecule has 1 N–H and O–H groups in total. The molecule has 1 fully saturated rings. The molecule has 1 heterocycles. The summed E-state index contributed by atoms with van der Waals surface area (Å²) in [7, 11) is 0. The maximum atomic E-state index is 11.3. The lowest BCUT2D eigenvalue weighted by Gasteiger charge is -2.38. The average molecular weight is 229 g/mol. The Morgan fingerprint density at radius 2 is 2.31 bits per heavy atom. The maximum absolute atomic E-state index is 11.3. The van der Waals surface area contributed by atoms with Crippen LogP contribution in [-0.2, 0) is 9.53 Å². The van der Waals surface area contributed by atoms with Gasteiger partial charge in [-0.25, -0.2) is 0 Å². The van der Waals surface area contributed by atoms with E-state index < -0.39 is 0 Å². The number of carbonyl (C=O) groups is 1. The minimum atomic E-state index is -0.363. The summed E-state index contributed by atoms with van der Waals surface area (Å²) >= 11 is 0. The van der Waals surface area contributed by atoms with E-state index in [0.717, 1.165) is 25.7 Å². The molecule has 0 aromatic rings. The van der Waals surface area contributed by atoms with Crippen LogP contribution in [0.4, 0.5) is 0 Å². The summed E-state index contributed by atoms with van der Waals surface area (Å²) in [4.78, 5) is 13.4. The molecule has 1 aliphatic heterocycles. The van der Waals surface area contributed by atoms with E-state index in [1.807, 2.05) is 0 Å². The number of ether oxygens (including phenoxy) is 1. The van der Waals surface area contributed by atoms with Gasteiger partial charge in [0, 0.05) is 25.7 Å². The third kappa shape index (κ3) is 3.54. The molecule has 0 bridgehead atoms. The lowest BCUT2D eigenvalue weighted by atomic mass is 9.83. The topological polar surface area (TPSA) is 49.8 Å². The lowest BCUT2D eigenvalue weighted by Crippen LogP contribution is -2.47. The van der Waals surface area contributed by atoms with Gasteiger partial charge in [0.05, 0.1) is 18.6 Å². The summed E-state index contributed by atoms with van der Waals surface area (Å²) in [6, 6.07) is 0.339. The molecule has 4 heteroatoms. The van der Waals surface area contributed by atoms with Gasteiger partial charge < -0.3 is 14.6 Å². The van der Waals surface area contributed by atoms with Crippen LogP contribution in [0.2, 0.25) is 0 Å². The van der Waals surface area contributed by atoms with Crippen molar-refractivity contribution in [3.8, 4) is 0 Å². The minimum absolute atomic E-state index is 0.133. The quantitative estimate of drug-likeness (QED) is 0.681. The third-order valence-electron chi connectivity index (χ3n) is 3.24. The molecule has 0 aromatic carbocycles. The normalized spacial score (nSPS) is 26.3. The second-order valence-electron chi connectivity index (χ2n) is 4.92. The fraction of sp³-hybridized carbons (Fsp3) is 0.917. The smallest absolute Gasteiger partial charge is 0.129 e. The van der Waals surface area contributed by atoms with Crippen molar-refractivity contribution in [1.29, 1.82) is 0 Å². The number of hydrogen-bond donors (Lipinski definition) is 1. The summed E-state index contributed by atoms with van der Waals surface area (Å²) in [5.74, 6) is 0. The highest BCUT2D eigenvalue weighted by atomic mass is 16.5. The molecule has 1 saturated heterocycles. The molecular formula is C12H23NO3. The van der Waals surface area contributed by atoms with E-state index in [1.54, 1.807) is 0 Å². The van der Waals surface area contributed by atoms with Gasteiger partial charge >= 0.3 is 0 Å². The van der Waals surface area contributed by atoms with Crippen molar-refractivity contribution in [2.75, 3.05) is 32.9 Å². The molecule has 0 spiro atoms. The van der Waals surface area contributed by atoms with Gasteiger partial charge in [0.25, 0.3) is 0 Å². The van der Waals surface area contributed by atoms with E-state index in [-0.39, 0.29) is 12.0 Å². The standard InChI is InChI=1S/C12H23NO3/c1-11(2)13(5-6-14)8-12(9-15)4-3-7-16-10-12/h9,11,14H,3-8,10H2,1-2H3. The van der Waals surface area contributed by atoms with E-state index in [2.05, 4.69) is 18.7 Å². The van der Waals surface area contributed by atoms with E-state index >= 15 is 0 Å². The zero-order valence-electron chi connectivity index (χ0n) is 10.3. The Balaban J connectivity index is 2.61. The fourth-order valence-electron chi connectivity index (χ4n) is 2.18. The zero-order valence-corrected chi connectivity index (χ0v) is 10.3. The van der Waals surface area contributed by atoms with Crippen molar-refractivity contribution < 1.29 is 14.6 Å². The predicted octanol–water partition coefficient (Wildman–Crippen LogP) is 0.685. The molecule has 0 saturated carbocycles. The van der Waals surface area contributed by atoms with Crippen LogP contribution in [0.3, 0.4) is 0 Å². The molecular weight excluding hydrogens is 206 g/mol.